The number of anilines is 3. The average molecular weight is 778 g/mol. The third kappa shape index (κ3) is 6.65. The zero-order valence-corrected chi connectivity index (χ0v) is 35.4. The van der Waals surface area contributed by atoms with Gasteiger partial charge in [0.05, 0.1) is 5.69 Å². The first kappa shape index (κ1) is 38.0. The molecule has 10 rings (SSSR count). The highest BCUT2D eigenvalue weighted by Crippen LogP contribution is 2.54. The van der Waals surface area contributed by atoms with Crippen LogP contribution in [0.4, 0.5) is 17.1 Å². The summed E-state index contributed by atoms with van der Waals surface area (Å²) in [7, 11) is 0. The lowest BCUT2D eigenvalue weighted by Crippen LogP contribution is -2.18. The van der Waals surface area contributed by atoms with Crippen LogP contribution in [0.5, 0.6) is 0 Å². The monoisotopic (exact) mass is 777 g/mol. The molecule has 0 N–H and O–H groups in total. The molecule has 60 heavy (non-hydrogen) atoms. The van der Waals surface area contributed by atoms with Crippen molar-refractivity contribution in [2.75, 3.05) is 4.90 Å². The molecule has 0 aromatic heterocycles. The Bertz CT molecular complexity index is 2690. The van der Waals surface area contributed by atoms with Gasteiger partial charge in [-0.2, -0.15) is 0 Å². The smallest absolute Gasteiger partial charge is 0.0540 e. The van der Waals surface area contributed by atoms with Gasteiger partial charge in [0.15, 0.2) is 0 Å². The number of allylic oxidation sites excluding steroid dienone is 16. The highest BCUT2D eigenvalue weighted by atomic mass is 15.1. The maximum Gasteiger partial charge on any atom is 0.0540 e. The van der Waals surface area contributed by atoms with Gasteiger partial charge in [-0.05, 0) is 99.0 Å². The molecule has 296 valence electrons. The zero-order valence-electron chi connectivity index (χ0n) is 35.4. The molecule has 5 aliphatic rings. The molecule has 0 radical (unpaired) electrons. The van der Waals surface area contributed by atoms with E-state index in [-0.39, 0.29) is 23.2 Å². The lowest BCUT2D eigenvalue weighted by molar-refractivity contribution is 0.580. The first-order valence-electron chi connectivity index (χ1n) is 22.1. The Balaban J connectivity index is 1.14. The maximum atomic E-state index is 2.59. The van der Waals surface area contributed by atoms with Gasteiger partial charge in [0, 0.05) is 46.0 Å². The molecule has 0 aliphatic heterocycles. The number of fused-ring (bicyclic) bond motifs is 2. The van der Waals surface area contributed by atoms with Gasteiger partial charge in [-0.25, -0.2) is 0 Å². The highest BCUT2D eigenvalue weighted by molar-refractivity contribution is 5.93. The third-order valence-electron chi connectivity index (χ3n) is 14.0. The van der Waals surface area contributed by atoms with Crippen LogP contribution in [0.3, 0.4) is 0 Å². The largest absolute Gasteiger partial charge is 0.310 e. The Labute approximate surface area is 357 Å². The second-order valence-electron chi connectivity index (χ2n) is 18.0. The number of benzene rings is 5. The minimum Gasteiger partial charge on any atom is -0.310 e. The fourth-order valence-electron chi connectivity index (χ4n) is 10.9. The molecule has 0 saturated carbocycles. The standard InChI is InChI=1S/C59H55N/c1-40-19-8-9-23-46(40)43-33-35-44(36-34-43)48-25-14-16-31-56(48)60(45-37-38-54-53(39-45)58-41(2)20-18-30-55(58)59(54,3)4)57-32-17-15-29-52(57)51-28-13-12-27-50(51)49-26-11-10-24-47(49)42-21-6-5-7-22-42/h5-19,21-35,37-41,44,46-47,49H,20,36H2,1-4H3. The average Bonchev–Trinajstić information content (AvgIpc) is 3.53. The van der Waals surface area contributed by atoms with Crippen LogP contribution in [0.2, 0.25) is 0 Å². The van der Waals surface area contributed by atoms with Crippen LogP contribution in [-0.2, 0) is 5.41 Å². The summed E-state index contributed by atoms with van der Waals surface area (Å²) >= 11 is 0. The van der Waals surface area contributed by atoms with Gasteiger partial charge in [0.1, 0.15) is 0 Å². The summed E-state index contributed by atoms with van der Waals surface area (Å²) in [5, 5.41) is 0. The van der Waals surface area contributed by atoms with Gasteiger partial charge < -0.3 is 4.90 Å². The van der Waals surface area contributed by atoms with Crippen molar-refractivity contribution >= 4 is 22.6 Å². The van der Waals surface area contributed by atoms with E-state index in [1.807, 2.05) is 0 Å². The van der Waals surface area contributed by atoms with Crippen molar-refractivity contribution in [2.45, 2.75) is 63.7 Å². The Hall–Kier alpha value is -6.18. The minimum atomic E-state index is -0.0387. The van der Waals surface area contributed by atoms with E-state index in [1.54, 1.807) is 0 Å². The summed E-state index contributed by atoms with van der Waals surface area (Å²) in [4.78, 5) is 2.59. The van der Waals surface area contributed by atoms with Gasteiger partial charge in [-0.15, -0.1) is 0 Å². The Morgan fingerprint density at radius 3 is 1.98 bits per heavy atom. The van der Waals surface area contributed by atoms with Crippen molar-refractivity contribution in [1.82, 2.24) is 0 Å². The second-order valence-corrected chi connectivity index (χ2v) is 18.0. The van der Waals surface area contributed by atoms with E-state index in [9.17, 15) is 0 Å². The molecule has 1 nitrogen and oxygen atoms in total. The van der Waals surface area contributed by atoms with E-state index in [4.69, 9.17) is 0 Å². The van der Waals surface area contributed by atoms with E-state index in [0.717, 1.165) is 12.8 Å². The predicted octanol–water partition coefficient (Wildman–Crippen LogP) is 15.8. The van der Waals surface area contributed by atoms with Crippen molar-refractivity contribution in [3.8, 4) is 11.1 Å². The first-order valence-corrected chi connectivity index (χ1v) is 22.1. The van der Waals surface area contributed by atoms with E-state index >= 15 is 0 Å². The van der Waals surface area contributed by atoms with E-state index in [2.05, 4.69) is 233 Å². The second kappa shape index (κ2) is 15.8. The lowest BCUT2D eigenvalue weighted by Gasteiger charge is -2.33. The van der Waals surface area contributed by atoms with Gasteiger partial charge in [-0.1, -0.05) is 204 Å². The molecule has 0 heterocycles. The molecule has 0 bridgehead atoms. The molecule has 6 atom stereocenters. The molecule has 0 spiro atoms. The summed E-state index contributed by atoms with van der Waals surface area (Å²) in [6.45, 7) is 9.55. The Kier molecular flexibility index (Phi) is 10.0. The van der Waals surface area contributed by atoms with Gasteiger partial charge in [0.25, 0.3) is 0 Å². The van der Waals surface area contributed by atoms with Gasteiger partial charge in [-0.3, -0.25) is 0 Å². The van der Waals surface area contributed by atoms with Crippen LogP contribution >= 0.6 is 0 Å². The zero-order chi connectivity index (χ0) is 40.8. The lowest BCUT2D eigenvalue weighted by atomic mass is 9.76. The van der Waals surface area contributed by atoms with E-state index in [0.29, 0.717) is 17.8 Å². The fourth-order valence-corrected chi connectivity index (χ4v) is 10.9. The van der Waals surface area contributed by atoms with Crippen LogP contribution in [0, 0.1) is 17.8 Å². The Morgan fingerprint density at radius 2 is 1.22 bits per heavy atom. The Morgan fingerprint density at radius 1 is 0.550 bits per heavy atom. The molecule has 6 unspecified atom stereocenters. The quantitative estimate of drug-likeness (QED) is 0.152. The van der Waals surface area contributed by atoms with Crippen molar-refractivity contribution in [1.29, 1.82) is 0 Å². The molecule has 0 saturated heterocycles. The molecule has 1 heteroatoms. The van der Waals surface area contributed by atoms with Crippen molar-refractivity contribution in [3.63, 3.8) is 0 Å². The topological polar surface area (TPSA) is 3.24 Å². The van der Waals surface area contributed by atoms with Crippen LogP contribution in [0.15, 0.2) is 211 Å². The van der Waals surface area contributed by atoms with Crippen LogP contribution < -0.4 is 4.90 Å². The number of hydrogen-bond acceptors (Lipinski definition) is 1. The van der Waals surface area contributed by atoms with Gasteiger partial charge in [0.2, 0.25) is 0 Å². The fraction of sp³-hybridized carbons (Fsp3) is 0.220. The predicted molar refractivity (Wildman–Crippen MR) is 255 cm³/mol. The summed E-state index contributed by atoms with van der Waals surface area (Å²) in [5.74, 6) is 2.09. The summed E-state index contributed by atoms with van der Waals surface area (Å²) in [5.41, 5.74) is 17.4. The summed E-state index contributed by atoms with van der Waals surface area (Å²) < 4.78 is 0. The van der Waals surface area contributed by atoms with Crippen LogP contribution in [-0.4, -0.2) is 0 Å². The van der Waals surface area contributed by atoms with E-state index in [1.165, 1.54) is 72.7 Å². The molecule has 5 aromatic carbocycles. The SMILES string of the molecule is CC1CC=CC2=C1c1cc(N(c3ccccc3-c3ccccc3C3C=CC=CC3c3ccccc3)c3ccccc3C3C=CC(C4C=CC=CC4C)=CC3)ccc1C2(C)C. The first-order chi connectivity index (χ1) is 29.4. The minimum absolute atomic E-state index is 0.0387. The molecular weight excluding hydrogens is 723 g/mol. The molecule has 0 amide bonds. The molecular formula is C59H55N. The summed E-state index contributed by atoms with van der Waals surface area (Å²) in [6.07, 6.45) is 32.5. The molecule has 5 aliphatic carbocycles. The third-order valence-corrected chi connectivity index (χ3v) is 14.0. The summed E-state index contributed by atoms with van der Waals surface area (Å²) in [6, 6.07) is 45.8. The number of rotatable bonds is 8. The van der Waals surface area contributed by atoms with Crippen molar-refractivity contribution < 1.29 is 0 Å². The van der Waals surface area contributed by atoms with Crippen molar-refractivity contribution in [2.24, 2.45) is 17.8 Å². The maximum absolute atomic E-state index is 2.59. The normalized spacial score (nSPS) is 24.6. The highest BCUT2D eigenvalue weighted by Gasteiger charge is 2.40. The van der Waals surface area contributed by atoms with Crippen LogP contribution in [0.25, 0.3) is 16.7 Å². The van der Waals surface area contributed by atoms with Crippen LogP contribution in [0.1, 0.15) is 86.1 Å². The number of nitrogens with zero attached hydrogens (tertiary/aromatic N) is 1. The molecule has 0 fully saturated rings. The number of para-hydroxylation sites is 2. The molecule has 5 aromatic rings. The van der Waals surface area contributed by atoms with Gasteiger partial charge >= 0.3 is 0 Å². The van der Waals surface area contributed by atoms with E-state index < -0.39 is 0 Å². The number of hydrogen-bond donors (Lipinski definition) is 0. The van der Waals surface area contributed by atoms with Crippen molar-refractivity contribution in [3.05, 3.63) is 239 Å².